The van der Waals surface area contributed by atoms with Crippen LogP contribution in [0.3, 0.4) is 0 Å². The number of nitrogens with zero attached hydrogens (tertiary/aromatic N) is 3. The molecule has 0 saturated carbocycles. The van der Waals surface area contributed by atoms with Crippen molar-refractivity contribution >= 4 is 114 Å². The van der Waals surface area contributed by atoms with Crippen molar-refractivity contribution in [3.8, 4) is 16.9 Å². The summed E-state index contributed by atoms with van der Waals surface area (Å²) < 4.78 is 11.6. The second kappa shape index (κ2) is 12.9. The Hall–Kier alpha value is -7.73. The fourth-order valence-corrected chi connectivity index (χ4v) is 10.7. The smallest absolute Gasteiger partial charge is 0.159 e. The molecular weight excluding hydrogens is 751 g/mol. The second-order valence-electron chi connectivity index (χ2n) is 15.5. The fourth-order valence-electron chi connectivity index (χ4n) is 9.53. The lowest BCUT2D eigenvalue weighted by Gasteiger charge is -2.26. The van der Waals surface area contributed by atoms with Crippen LogP contribution in [0.25, 0.3) is 103 Å². The molecule has 0 aliphatic heterocycles. The molecule has 0 aliphatic carbocycles. The molecule has 0 N–H and O–H groups in total. The van der Waals surface area contributed by atoms with Crippen molar-refractivity contribution < 1.29 is 4.42 Å². The summed E-state index contributed by atoms with van der Waals surface area (Å²) in [6.07, 6.45) is 0. The predicted octanol–water partition coefficient (Wildman–Crippen LogP) is 15.9. The zero-order valence-electron chi connectivity index (χ0n) is 32.2. The number of anilines is 3. The lowest BCUT2D eigenvalue weighted by Crippen LogP contribution is -2.10. The Morgan fingerprint density at radius 3 is 2.02 bits per heavy atom. The summed E-state index contributed by atoms with van der Waals surface area (Å²) in [5.41, 5.74) is 11.3. The molecule has 0 fully saturated rings. The van der Waals surface area contributed by atoms with E-state index >= 15 is 0 Å². The van der Waals surface area contributed by atoms with Crippen LogP contribution in [0.15, 0.2) is 205 Å². The molecular formula is C55H33N3OS. The molecule has 0 bridgehead atoms. The predicted molar refractivity (Wildman–Crippen MR) is 254 cm³/mol. The Morgan fingerprint density at radius 1 is 0.450 bits per heavy atom. The van der Waals surface area contributed by atoms with Gasteiger partial charge in [-0.3, -0.25) is 0 Å². The average Bonchev–Trinajstić information content (AvgIpc) is 3.99. The number of hydrogen-bond acceptors (Lipinski definition) is 4. The van der Waals surface area contributed by atoms with Crippen molar-refractivity contribution in [3.63, 3.8) is 0 Å². The number of fused-ring (bicyclic) bond motifs is 13. The van der Waals surface area contributed by atoms with Crippen LogP contribution in [-0.2, 0) is 0 Å². The summed E-state index contributed by atoms with van der Waals surface area (Å²) in [6.45, 7) is 0. The third kappa shape index (κ3) is 4.87. The van der Waals surface area contributed by atoms with Crippen molar-refractivity contribution in [2.75, 3.05) is 4.90 Å². The van der Waals surface area contributed by atoms with Gasteiger partial charge in [-0.15, -0.1) is 11.3 Å². The Kier molecular flexibility index (Phi) is 7.14. The molecule has 0 atom stereocenters. The number of furan rings is 1. The monoisotopic (exact) mass is 783 g/mol. The largest absolute Gasteiger partial charge is 0.454 e. The van der Waals surface area contributed by atoms with Crippen molar-refractivity contribution in [2.24, 2.45) is 0 Å². The van der Waals surface area contributed by atoms with E-state index in [4.69, 9.17) is 9.40 Å². The first-order valence-corrected chi connectivity index (χ1v) is 21.1. The van der Waals surface area contributed by atoms with E-state index in [0.717, 1.165) is 72.2 Å². The number of rotatable bonds is 5. The van der Waals surface area contributed by atoms with Crippen LogP contribution < -0.4 is 4.90 Å². The van der Waals surface area contributed by atoms with Crippen LogP contribution in [0.5, 0.6) is 0 Å². The van der Waals surface area contributed by atoms with E-state index in [1.165, 1.54) is 47.4 Å². The highest BCUT2D eigenvalue weighted by molar-refractivity contribution is 7.25. The molecule has 0 aliphatic rings. The Balaban J connectivity index is 1.03. The summed E-state index contributed by atoms with van der Waals surface area (Å²) in [4.78, 5) is 7.74. The second-order valence-corrected chi connectivity index (χ2v) is 16.5. The number of para-hydroxylation sites is 5. The highest BCUT2D eigenvalue weighted by Gasteiger charge is 2.22. The Labute approximate surface area is 348 Å². The number of hydrogen-bond donors (Lipinski definition) is 0. The van der Waals surface area contributed by atoms with Gasteiger partial charge in [-0.25, -0.2) is 4.98 Å². The topological polar surface area (TPSA) is 34.2 Å². The Bertz CT molecular complexity index is 3840. The van der Waals surface area contributed by atoms with Gasteiger partial charge < -0.3 is 13.9 Å². The van der Waals surface area contributed by atoms with Crippen LogP contribution >= 0.6 is 11.3 Å². The number of benzene rings is 9. The van der Waals surface area contributed by atoms with E-state index in [9.17, 15) is 0 Å². The third-order valence-electron chi connectivity index (χ3n) is 12.2. The molecule has 4 heterocycles. The lowest BCUT2D eigenvalue weighted by molar-refractivity contribution is 0.669. The summed E-state index contributed by atoms with van der Waals surface area (Å²) >= 11 is 1.83. The fraction of sp³-hybridized carbons (Fsp3) is 0. The van der Waals surface area contributed by atoms with E-state index in [1.54, 1.807) is 0 Å². The molecule has 0 amide bonds. The van der Waals surface area contributed by atoms with Gasteiger partial charge in [-0.2, -0.15) is 0 Å². The van der Waals surface area contributed by atoms with E-state index in [-0.39, 0.29) is 0 Å². The quantitative estimate of drug-likeness (QED) is 0.163. The average molecular weight is 784 g/mol. The molecule has 0 spiro atoms. The molecule has 4 aromatic heterocycles. The highest BCUT2D eigenvalue weighted by atomic mass is 32.1. The molecule has 0 saturated heterocycles. The maximum atomic E-state index is 6.67. The van der Waals surface area contributed by atoms with Gasteiger partial charge in [-0.05, 0) is 72.8 Å². The zero-order chi connectivity index (χ0) is 39.3. The summed E-state index contributed by atoms with van der Waals surface area (Å²) in [6, 6.07) is 71.8. The van der Waals surface area contributed by atoms with E-state index in [0.29, 0.717) is 0 Å². The SMILES string of the molecule is c1ccc(-n2c3ccccc3c3c4c(ccc32)c(-c2ccc(N(c3ccc5c(c3)sc3ccccc35)c3cccc5c3oc3ccccc35)cc2)nc2ccccc24)cc1. The van der Waals surface area contributed by atoms with Crippen LogP contribution in [0.1, 0.15) is 0 Å². The molecule has 13 rings (SSSR count). The van der Waals surface area contributed by atoms with Crippen molar-refractivity contribution in [3.05, 3.63) is 200 Å². The van der Waals surface area contributed by atoms with E-state index in [2.05, 4.69) is 204 Å². The van der Waals surface area contributed by atoms with Gasteiger partial charge in [-0.1, -0.05) is 127 Å². The standard InChI is InChI=1S/C55H33N3OS/c1-2-13-35(14-3-1)58-46-21-9-5-18-43(46)53-47(58)32-31-44-52(53)42-17-4-8-20-45(42)56-54(44)34-25-27-36(28-26-34)57(37-29-30-40-39-16-7-11-24-50(39)60-51(40)33-37)48-22-12-19-41-38-15-6-10-23-49(38)59-55(41)48/h1-33H. The highest BCUT2D eigenvalue weighted by Crippen LogP contribution is 2.46. The summed E-state index contributed by atoms with van der Waals surface area (Å²) in [5.74, 6) is 0. The zero-order valence-corrected chi connectivity index (χ0v) is 33.0. The van der Waals surface area contributed by atoms with E-state index < -0.39 is 0 Å². The number of aromatic nitrogens is 2. The first-order chi connectivity index (χ1) is 29.8. The van der Waals surface area contributed by atoms with Crippen LogP contribution in [0, 0.1) is 0 Å². The lowest BCUT2D eigenvalue weighted by atomic mass is 9.96. The molecule has 13 aromatic rings. The molecule has 60 heavy (non-hydrogen) atoms. The molecule has 5 heteroatoms. The maximum absolute atomic E-state index is 6.67. The van der Waals surface area contributed by atoms with Gasteiger partial charge in [0.15, 0.2) is 5.58 Å². The third-order valence-corrected chi connectivity index (χ3v) is 13.3. The van der Waals surface area contributed by atoms with Crippen LogP contribution in [-0.4, -0.2) is 9.55 Å². The Morgan fingerprint density at radius 2 is 1.13 bits per heavy atom. The maximum Gasteiger partial charge on any atom is 0.159 e. The van der Waals surface area contributed by atoms with Gasteiger partial charge in [0.25, 0.3) is 0 Å². The van der Waals surface area contributed by atoms with Gasteiger partial charge >= 0.3 is 0 Å². The normalized spacial score (nSPS) is 12.0. The minimum Gasteiger partial charge on any atom is -0.454 e. The number of pyridine rings is 1. The molecule has 9 aromatic carbocycles. The van der Waals surface area contributed by atoms with Gasteiger partial charge in [0, 0.05) is 80.5 Å². The first-order valence-electron chi connectivity index (χ1n) is 20.3. The summed E-state index contributed by atoms with van der Waals surface area (Å²) in [5, 5.41) is 10.7. The van der Waals surface area contributed by atoms with Gasteiger partial charge in [0.2, 0.25) is 0 Å². The minimum absolute atomic E-state index is 0.861. The molecule has 4 nitrogen and oxygen atoms in total. The van der Waals surface area contributed by atoms with Crippen molar-refractivity contribution in [2.45, 2.75) is 0 Å². The molecule has 280 valence electrons. The van der Waals surface area contributed by atoms with Gasteiger partial charge in [0.1, 0.15) is 5.58 Å². The van der Waals surface area contributed by atoms with Crippen LogP contribution in [0.2, 0.25) is 0 Å². The molecule has 0 unspecified atom stereocenters. The van der Waals surface area contributed by atoms with Crippen molar-refractivity contribution in [1.82, 2.24) is 9.55 Å². The van der Waals surface area contributed by atoms with Crippen LogP contribution in [0.4, 0.5) is 17.1 Å². The first kappa shape index (κ1) is 33.3. The molecule has 0 radical (unpaired) electrons. The minimum atomic E-state index is 0.861. The van der Waals surface area contributed by atoms with Crippen molar-refractivity contribution in [1.29, 1.82) is 0 Å². The number of thiophene rings is 1. The van der Waals surface area contributed by atoms with E-state index in [1.807, 2.05) is 17.4 Å². The van der Waals surface area contributed by atoms with Gasteiger partial charge in [0.05, 0.1) is 27.9 Å². The summed E-state index contributed by atoms with van der Waals surface area (Å²) in [7, 11) is 0.